The second-order valence-corrected chi connectivity index (χ2v) is 6.81. The first-order valence-corrected chi connectivity index (χ1v) is 9.47. The number of rotatable bonds is 11. The van der Waals surface area contributed by atoms with Gasteiger partial charge in [-0.15, -0.1) is 0 Å². The second-order valence-electron chi connectivity index (χ2n) is 6.81. The lowest BCUT2D eigenvalue weighted by molar-refractivity contribution is -0.142. The SMILES string of the molecule is CC(=O)Oc1ccc(CONC(=O)CCC(Cc2cccc(CO)c2)C(=O)O)cc1. The summed E-state index contributed by atoms with van der Waals surface area (Å²) in [5, 5.41) is 18.6. The standard InChI is InChI=1S/C22H25NO7/c1-15(25)30-20-8-5-16(6-9-20)14-29-23-21(26)10-7-19(22(27)28)12-17-3-2-4-18(11-17)13-24/h2-6,8-9,11,19,24H,7,10,12-14H2,1H3,(H,23,26)(H,27,28). The van der Waals surface area contributed by atoms with Crippen LogP contribution in [0.2, 0.25) is 0 Å². The van der Waals surface area contributed by atoms with Gasteiger partial charge in [-0.1, -0.05) is 36.4 Å². The molecule has 0 saturated carbocycles. The summed E-state index contributed by atoms with van der Waals surface area (Å²) in [4.78, 5) is 39.5. The van der Waals surface area contributed by atoms with E-state index in [0.29, 0.717) is 11.3 Å². The predicted molar refractivity (Wildman–Crippen MR) is 107 cm³/mol. The van der Waals surface area contributed by atoms with Crippen molar-refractivity contribution in [1.82, 2.24) is 5.48 Å². The summed E-state index contributed by atoms with van der Waals surface area (Å²) in [5.41, 5.74) is 4.57. The van der Waals surface area contributed by atoms with E-state index in [9.17, 15) is 24.6 Å². The molecule has 8 nitrogen and oxygen atoms in total. The van der Waals surface area contributed by atoms with E-state index in [4.69, 9.17) is 9.57 Å². The third-order valence-electron chi connectivity index (χ3n) is 4.33. The third-order valence-corrected chi connectivity index (χ3v) is 4.33. The summed E-state index contributed by atoms with van der Waals surface area (Å²) in [7, 11) is 0. The molecule has 2 aromatic rings. The van der Waals surface area contributed by atoms with Crippen molar-refractivity contribution in [3.8, 4) is 5.75 Å². The number of aliphatic hydroxyl groups excluding tert-OH is 1. The van der Waals surface area contributed by atoms with Crippen LogP contribution in [0.3, 0.4) is 0 Å². The molecule has 30 heavy (non-hydrogen) atoms. The van der Waals surface area contributed by atoms with Crippen LogP contribution in [0.5, 0.6) is 5.75 Å². The van der Waals surface area contributed by atoms with Crippen LogP contribution < -0.4 is 10.2 Å². The zero-order valence-electron chi connectivity index (χ0n) is 16.7. The first-order valence-electron chi connectivity index (χ1n) is 9.47. The number of hydroxylamine groups is 1. The zero-order valence-corrected chi connectivity index (χ0v) is 16.7. The van der Waals surface area contributed by atoms with E-state index in [1.165, 1.54) is 6.92 Å². The number of carboxylic acid groups (broad SMARTS) is 1. The Morgan fingerprint density at radius 1 is 1.03 bits per heavy atom. The molecule has 8 heteroatoms. The lowest BCUT2D eigenvalue weighted by Gasteiger charge is -2.13. The number of aliphatic carboxylic acids is 1. The Morgan fingerprint density at radius 3 is 2.37 bits per heavy atom. The van der Waals surface area contributed by atoms with Crippen LogP contribution in [0.4, 0.5) is 0 Å². The van der Waals surface area contributed by atoms with E-state index in [1.54, 1.807) is 48.5 Å². The lowest BCUT2D eigenvalue weighted by Crippen LogP contribution is -2.25. The minimum atomic E-state index is -0.981. The quantitative estimate of drug-likeness (QED) is 0.293. The minimum Gasteiger partial charge on any atom is -0.481 e. The molecule has 0 fully saturated rings. The highest BCUT2D eigenvalue weighted by molar-refractivity contribution is 5.76. The van der Waals surface area contributed by atoms with Crippen LogP contribution in [-0.4, -0.2) is 28.1 Å². The molecule has 0 aliphatic carbocycles. The number of ether oxygens (including phenoxy) is 1. The molecule has 2 rings (SSSR count). The van der Waals surface area contributed by atoms with Gasteiger partial charge in [0.1, 0.15) is 5.75 Å². The van der Waals surface area contributed by atoms with E-state index in [2.05, 4.69) is 5.48 Å². The number of aliphatic hydroxyl groups is 1. The Balaban J connectivity index is 1.76. The Kier molecular flexibility index (Phi) is 8.99. The molecule has 0 heterocycles. The van der Waals surface area contributed by atoms with Gasteiger partial charge >= 0.3 is 11.9 Å². The minimum absolute atomic E-state index is 0.00203. The van der Waals surface area contributed by atoms with Gasteiger partial charge in [-0.05, 0) is 41.7 Å². The molecular weight excluding hydrogens is 390 g/mol. The van der Waals surface area contributed by atoms with Crippen molar-refractivity contribution < 1.29 is 34.2 Å². The van der Waals surface area contributed by atoms with Crippen molar-refractivity contribution in [1.29, 1.82) is 0 Å². The maximum Gasteiger partial charge on any atom is 0.308 e. The molecule has 1 atom stereocenters. The van der Waals surface area contributed by atoms with Crippen molar-refractivity contribution in [3.63, 3.8) is 0 Å². The summed E-state index contributed by atoms with van der Waals surface area (Å²) in [6.45, 7) is 1.31. The zero-order chi connectivity index (χ0) is 21.9. The number of nitrogens with one attached hydrogen (secondary N) is 1. The molecule has 0 radical (unpaired) electrons. The predicted octanol–water partition coefficient (Wildman–Crippen LogP) is 2.38. The molecule has 0 aromatic heterocycles. The Hall–Kier alpha value is -3.23. The van der Waals surface area contributed by atoms with Gasteiger partial charge in [0.25, 0.3) is 0 Å². The number of esters is 1. The Labute approximate surface area is 174 Å². The van der Waals surface area contributed by atoms with Gasteiger partial charge in [0, 0.05) is 13.3 Å². The first kappa shape index (κ1) is 23.1. The highest BCUT2D eigenvalue weighted by atomic mass is 16.6. The molecular formula is C22H25NO7. The van der Waals surface area contributed by atoms with Crippen LogP contribution >= 0.6 is 0 Å². The summed E-state index contributed by atoms with van der Waals surface area (Å²) >= 11 is 0. The van der Waals surface area contributed by atoms with Crippen molar-refractivity contribution in [2.45, 2.75) is 39.4 Å². The molecule has 2 aromatic carbocycles. The van der Waals surface area contributed by atoms with Gasteiger partial charge < -0.3 is 14.9 Å². The van der Waals surface area contributed by atoms with Crippen LogP contribution in [0.15, 0.2) is 48.5 Å². The molecule has 3 N–H and O–H groups in total. The van der Waals surface area contributed by atoms with Crippen LogP contribution in [0, 0.1) is 5.92 Å². The van der Waals surface area contributed by atoms with Crippen molar-refractivity contribution in [2.24, 2.45) is 5.92 Å². The number of benzene rings is 2. The highest BCUT2D eigenvalue weighted by Gasteiger charge is 2.19. The van der Waals surface area contributed by atoms with Gasteiger partial charge in [0.05, 0.1) is 19.1 Å². The molecule has 0 aliphatic rings. The van der Waals surface area contributed by atoms with Gasteiger partial charge in [-0.25, -0.2) is 5.48 Å². The number of hydrogen-bond donors (Lipinski definition) is 3. The number of carboxylic acids is 1. The highest BCUT2D eigenvalue weighted by Crippen LogP contribution is 2.17. The van der Waals surface area contributed by atoms with Crippen molar-refractivity contribution in [2.75, 3.05) is 0 Å². The summed E-state index contributed by atoms with van der Waals surface area (Å²) in [6.07, 6.45) is 0.430. The Morgan fingerprint density at radius 2 is 1.73 bits per heavy atom. The number of carbonyl (C=O) groups excluding carboxylic acids is 2. The average molecular weight is 415 g/mol. The van der Waals surface area contributed by atoms with E-state index < -0.39 is 23.8 Å². The lowest BCUT2D eigenvalue weighted by atomic mass is 9.94. The summed E-state index contributed by atoms with van der Waals surface area (Å²) in [5.74, 6) is -2.11. The fourth-order valence-electron chi connectivity index (χ4n) is 2.83. The molecule has 0 aliphatic heterocycles. The monoisotopic (exact) mass is 415 g/mol. The molecule has 160 valence electrons. The van der Waals surface area contributed by atoms with Gasteiger partial charge in [0.2, 0.25) is 5.91 Å². The Bertz CT molecular complexity index is 864. The largest absolute Gasteiger partial charge is 0.481 e. The molecule has 1 unspecified atom stereocenters. The fourth-order valence-corrected chi connectivity index (χ4v) is 2.83. The average Bonchev–Trinajstić information content (AvgIpc) is 2.72. The molecule has 0 bridgehead atoms. The van der Waals surface area contributed by atoms with Crippen LogP contribution in [0.1, 0.15) is 36.5 Å². The molecule has 0 saturated heterocycles. The van der Waals surface area contributed by atoms with E-state index in [0.717, 1.165) is 11.1 Å². The van der Waals surface area contributed by atoms with Crippen molar-refractivity contribution >= 4 is 17.8 Å². The maximum atomic E-state index is 12.0. The normalized spacial score (nSPS) is 11.5. The fraction of sp³-hybridized carbons (Fsp3) is 0.318. The van der Waals surface area contributed by atoms with E-state index in [-0.39, 0.29) is 32.5 Å². The van der Waals surface area contributed by atoms with E-state index in [1.807, 2.05) is 0 Å². The van der Waals surface area contributed by atoms with Gasteiger partial charge in [-0.2, -0.15) is 0 Å². The summed E-state index contributed by atoms with van der Waals surface area (Å²) in [6, 6.07) is 13.7. The van der Waals surface area contributed by atoms with Crippen LogP contribution in [-0.2, 0) is 38.9 Å². The topological polar surface area (TPSA) is 122 Å². The number of amides is 1. The van der Waals surface area contributed by atoms with Gasteiger partial charge in [-0.3, -0.25) is 19.2 Å². The summed E-state index contributed by atoms with van der Waals surface area (Å²) < 4.78 is 4.93. The van der Waals surface area contributed by atoms with Crippen LogP contribution in [0.25, 0.3) is 0 Å². The maximum absolute atomic E-state index is 12.0. The third kappa shape index (κ3) is 8.02. The smallest absolute Gasteiger partial charge is 0.308 e. The number of hydrogen-bond acceptors (Lipinski definition) is 6. The first-order chi connectivity index (χ1) is 14.4. The molecule has 1 amide bonds. The second kappa shape index (κ2) is 11.7. The van der Waals surface area contributed by atoms with Gasteiger partial charge in [0.15, 0.2) is 0 Å². The van der Waals surface area contributed by atoms with E-state index >= 15 is 0 Å². The van der Waals surface area contributed by atoms with Crippen molar-refractivity contribution in [3.05, 3.63) is 65.2 Å². The molecule has 0 spiro atoms. The number of carbonyl (C=O) groups is 3.